The smallest absolute Gasteiger partial charge is 0.185 e. The average molecular weight is 172 g/mol. The van der Waals surface area contributed by atoms with Crippen LogP contribution < -0.4 is 16.8 Å². The Balaban J connectivity index is 3.35. The van der Waals surface area contributed by atoms with E-state index in [-0.39, 0.29) is 5.96 Å². The van der Waals surface area contributed by atoms with Crippen LogP contribution in [0, 0.1) is 0 Å². The fourth-order valence-electron chi connectivity index (χ4n) is 1.03. The molecule has 0 aliphatic rings. The molecule has 4 heteroatoms. The van der Waals surface area contributed by atoms with E-state index in [1.165, 1.54) is 0 Å². The second-order valence-corrected chi connectivity index (χ2v) is 2.77. The number of aliphatic imine (C=N–C) groups is 1. The van der Waals surface area contributed by atoms with Gasteiger partial charge in [0.25, 0.3) is 0 Å². The molecule has 5 N–H and O–H groups in total. The lowest BCUT2D eigenvalue weighted by atomic mass is 10.2. The molecular weight excluding hydrogens is 152 g/mol. The number of guanidine groups is 1. The van der Waals surface area contributed by atoms with Crippen molar-refractivity contribution in [3.05, 3.63) is 0 Å². The molecule has 0 heterocycles. The van der Waals surface area contributed by atoms with Crippen molar-refractivity contribution < 1.29 is 0 Å². The Morgan fingerprint density at radius 3 is 2.33 bits per heavy atom. The average Bonchev–Trinajstić information content (AvgIpc) is 2.04. The molecule has 0 rings (SSSR count). The molecule has 4 nitrogen and oxygen atoms in total. The van der Waals surface area contributed by atoms with Gasteiger partial charge in [0.05, 0.1) is 6.54 Å². The summed E-state index contributed by atoms with van der Waals surface area (Å²) in [5, 5.41) is 3.36. The summed E-state index contributed by atoms with van der Waals surface area (Å²) in [4.78, 5) is 3.87. The third-order valence-corrected chi connectivity index (χ3v) is 1.82. The van der Waals surface area contributed by atoms with E-state index >= 15 is 0 Å². The van der Waals surface area contributed by atoms with E-state index in [0.29, 0.717) is 12.6 Å². The lowest BCUT2D eigenvalue weighted by molar-refractivity contribution is 0.491. The van der Waals surface area contributed by atoms with Crippen molar-refractivity contribution in [1.29, 1.82) is 0 Å². The fourth-order valence-corrected chi connectivity index (χ4v) is 1.03. The first-order chi connectivity index (χ1) is 5.70. The molecule has 0 saturated carbocycles. The highest BCUT2D eigenvalue weighted by Crippen LogP contribution is 1.94. The Morgan fingerprint density at radius 1 is 1.33 bits per heavy atom. The molecule has 12 heavy (non-hydrogen) atoms. The minimum Gasteiger partial charge on any atom is -0.370 e. The van der Waals surface area contributed by atoms with Crippen LogP contribution in [-0.2, 0) is 0 Å². The van der Waals surface area contributed by atoms with Gasteiger partial charge in [-0.25, -0.2) is 0 Å². The second-order valence-electron chi connectivity index (χ2n) is 2.77. The maximum absolute atomic E-state index is 5.17. The van der Waals surface area contributed by atoms with Crippen LogP contribution in [0.25, 0.3) is 0 Å². The molecular formula is C8H20N4. The Labute approximate surface area is 74.4 Å². The molecule has 0 amide bonds. The molecule has 0 aliphatic carbocycles. The summed E-state index contributed by atoms with van der Waals surface area (Å²) in [6, 6.07) is 0.596. The van der Waals surface area contributed by atoms with E-state index in [1.807, 2.05) is 0 Å². The minimum atomic E-state index is 0.168. The topological polar surface area (TPSA) is 76.4 Å². The van der Waals surface area contributed by atoms with Crippen LogP contribution in [0.4, 0.5) is 0 Å². The van der Waals surface area contributed by atoms with Gasteiger partial charge in [-0.15, -0.1) is 0 Å². The Bertz CT molecular complexity index is 125. The summed E-state index contributed by atoms with van der Waals surface area (Å²) in [6.45, 7) is 5.85. The van der Waals surface area contributed by atoms with E-state index in [1.54, 1.807) is 0 Å². The van der Waals surface area contributed by atoms with Crippen LogP contribution in [0.3, 0.4) is 0 Å². The van der Waals surface area contributed by atoms with Crippen LogP contribution in [0.15, 0.2) is 4.99 Å². The van der Waals surface area contributed by atoms with Crippen molar-refractivity contribution in [3.63, 3.8) is 0 Å². The highest BCUT2D eigenvalue weighted by molar-refractivity contribution is 5.75. The highest BCUT2D eigenvalue weighted by atomic mass is 15.0. The fraction of sp³-hybridized carbons (Fsp3) is 0.875. The van der Waals surface area contributed by atoms with Crippen LogP contribution in [0.1, 0.15) is 26.7 Å². The number of nitrogens with one attached hydrogen (secondary N) is 1. The maximum Gasteiger partial charge on any atom is 0.185 e. The highest BCUT2D eigenvalue weighted by Gasteiger charge is 1.99. The van der Waals surface area contributed by atoms with Gasteiger partial charge >= 0.3 is 0 Å². The van der Waals surface area contributed by atoms with Crippen molar-refractivity contribution in [2.45, 2.75) is 32.7 Å². The van der Waals surface area contributed by atoms with Crippen molar-refractivity contribution in [2.75, 3.05) is 13.1 Å². The van der Waals surface area contributed by atoms with Crippen molar-refractivity contribution in [3.8, 4) is 0 Å². The summed E-state index contributed by atoms with van der Waals surface area (Å²) in [5.74, 6) is 0.168. The number of hydrogen-bond acceptors (Lipinski definition) is 2. The number of nitrogens with two attached hydrogens (primary N) is 2. The standard InChI is InChI=1S/C8H20N4/c1-3-7(4-2)11-5-6-12-8(9)10/h7,11H,3-6H2,1-2H3,(H4,9,10,12). The molecule has 0 fully saturated rings. The molecule has 0 aromatic heterocycles. The monoisotopic (exact) mass is 172 g/mol. The zero-order valence-electron chi connectivity index (χ0n) is 8.01. The third kappa shape index (κ3) is 5.97. The Hall–Kier alpha value is -0.770. The quantitative estimate of drug-likeness (QED) is 0.301. The molecule has 0 atom stereocenters. The number of hydrogen-bond donors (Lipinski definition) is 3. The summed E-state index contributed by atoms with van der Waals surface area (Å²) in [6.07, 6.45) is 2.30. The zero-order valence-corrected chi connectivity index (χ0v) is 8.01. The van der Waals surface area contributed by atoms with Gasteiger partial charge in [0.2, 0.25) is 0 Å². The van der Waals surface area contributed by atoms with E-state index in [0.717, 1.165) is 19.4 Å². The van der Waals surface area contributed by atoms with Crippen molar-refractivity contribution in [1.82, 2.24) is 5.32 Å². The molecule has 0 aromatic rings. The van der Waals surface area contributed by atoms with Gasteiger partial charge in [0.1, 0.15) is 0 Å². The normalized spacial score (nSPS) is 10.2. The first-order valence-electron chi connectivity index (χ1n) is 4.49. The van der Waals surface area contributed by atoms with Crippen molar-refractivity contribution >= 4 is 5.96 Å². The van der Waals surface area contributed by atoms with Crippen LogP contribution >= 0.6 is 0 Å². The number of nitrogens with zero attached hydrogens (tertiary/aromatic N) is 1. The third-order valence-electron chi connectivity index (χ3n) is 1.82. The van der Waals surface area contributed by atoms with E-state index < -0.39 is 0 Å². The summed E-state index contributed by atoms with van der Waals surface area (Å²) < 4.78 is 0. The molecule has 0 aromatic carbocycles. The predicted octanol–water partition coefficient (Wildman–Crippen LogP) is 0.0380. The van der Waals surface area contributed by atoms with Crippen molar-refractivity contribution in [2.24, 2.45) is 16.5 Å². The molecule has 0 aliphatic heterocycles. The van der Waals surface area contributed by atoms with Gasteiger partial charge in [0, 0.05) is 12.6 Å². The van der Waals surface area contributed by atoms with Gasteiger partial charge in [-0.1, -0.05) is 13.8 Å². The van der Waals surface area contributed by atoms with Gasteiger partial charge < -0.3 is 16.8 Å². The molecule has 0 unspecified atom stereocenters. The van der Waals surface area contributed by atoms with Crippen LogP contribution in [0.5, 0.6) is 0 Å². The summed E-state index contributed by atoms with van der Waals surface area (Å²) in [7, 11) is 0. The van der Waals surface area contributed by atoms with Gasteiger partial charge in [-0.2, -0.15) is 0 Å². The first-order valence-corrected chi connectivity index (χ1v) is 4.49. The van der Waals surface area contributed by atoms with E-state index in [9.17, 15) is 0 Å². The lowest BCUT2D eigenvalue weighted by Gasteiger charge is -2.12. The largest absolute Gasteiger partial charge is 0.370 e. The summed E-state index contributed by atoms with van der Waals surface area (Å²) >= 11 is 0. The Kier molecular flexibility index (Phi) is 6.47. The van der Waals surface area contributed by atoms with Gasteiger partial charge in [0.15, 0.2) is 5.96 Å². The minimum absolute atomic E-state index is 0.168. The molecule has 0 bridgehead atoms. The van der Waals surface area contributed by atoms with Gasteiger partial charge in [-0.05, 0) is 12.8 Å². The molecule has 0 spiro atoms. The lowest BCUT2D eigenvalue weighted by Crippen LogP contribution is -2.31. The zero-order chi connectivity index (χ0) is 9.40. The van der Waals surface area contributed by atoms with Gasteiger partial charge in [-0.3, -0.25) is 4.99 Å². The van der Waals surface area contributed by atoms with E-state index in [2.05, 4.69) is 24.2 Å². The van der Waals surface area contributed by atoms with Crippen LogP contribution in [-0.4, -0.2) is 25.1 Å². The maximum atomic E-state index is 5.17. The summed E-state index contributed by atoms with van der Waals surface area (Å²) in [5.41, 5.74) is 10.3. The SMILES string of the molecule is CCC(CC)NCCN=C(N)N. The Morgan fingerprint density at radius 2 is 1.92 bits per heavy atom. The molecule has 72 valence electrons. The molecule has 0 radical (unpaired) electrons. The molecule has 0 saturated heterocycles. The first kappa shape index (κ1) is 11.2. The van der Waals surface area contributed by atoms with Crippen LogP contribution in [0.2, 0.25) is 0 Å². The predicted molar refractivity (Wildman–Crippen MR) is 53.0 cm³/mol. The van der Waals surface area contributed by atoms with E-state index in [4.69, 9.17) is 11.5 Å². The number of rotatable bonds is 6. The second kappa shape index (κ2) is 6.91.